The van der Waals surface area contributed by atoms with Gasteiger partial charge in [-0.15, -0.1) is 0 Å². The quantitative estimate of drug-likeness (QED) is 0.403. The summed E-state index contributed by atoms with van der Waals surface area (Å²) in [5.41, 5.74) is 5.78. The number of hydrogen-bond donors (Lipinski definition) is 0. The molecule has 0 saturated heterocycles. The van der Waals surface area contributed by atoms with Crippen molar-refractivity contribution < 1.29 is 13.4 Å². The van der Waals surface area contributed by atoms with Gasteiger partial charge in [-0.1, -0.05) is 29.4 Å². The van der Waals surface area contributed by atoms with Gasteiger partial charge in [-0.3, -0.25) is 0 Å². The van der Waals surface area contributed by atoms with Gasteiger partial charge in [0, 0.05) is 18.1 Å². The molecule has 0 saturated carbocycles. The van der Waals surface area contributed by atoms with Crippen LogP contribution in [0.4, 0.5) is 0 Å². The third-order valence-electron chi connectivity index (χ3n) is 4.78. The summed E-state index contributed by atoms with van der Waals surface area (Å²) in [5, 5.41) is 3.94. The van der Waals surface area contributed by atoms with E-state index in [1.54, 1.807) is 6.92 Å². The summed E-state index contributed by atoms with van der Waals surface area (Å²) in [5.74, 6) is 2.92. The fourth-order valence-corrected chi connectivity index (χ4v) is 3.09. The minimum absolute atomic E-state index is 0.477. The Bertz CT molecular complexity index is 1250. The number of aryl methyl sites for hydroxylation is 3. The van der Waals surface area contributed by atoms with E-state index >= 15 is 0 Å². The first kappa shape index (κ1) is 16.5. The average molecular weight is 371 g/mol. The van der Waals surface area contributed by atoms with E-state index in [4.69, 9.17) is 13.4 Å². The molecule has 0 spiro atoms. The Balaban J connectivity index is 1.46. The largest absolute Gasteiger partial charge is 0.451 e. The summed E-state index contributed by atoms with van der Waals surface area (Å²) < 4.78 is 16.9. The highest BCUT2D eigenvalue weighted by Gasteiger charge is 2.14. The van der Waals surface area contributed by atoms with Crippen LogP contribution in [0.25, 0.3) is 45.5 Å². The van der Waals surface area contributed by atoms with Crippen LogP contribution in [0.3, 0.4) is 0 Å². The molecule has 0 radical (unpaired) electrons. The van der Waals surface area contributed by atoms with Crippen molar-refractivity contribution in [1.82, 2.24) is 15.1 Å². The molecule has 2 aromatic carbocycles. The van der Waals surface area contributed by atoms with Gasteiger partial charge in [0.2, 0.25) is 11.7 Å². The highest BCUT2D eigenvalue weighted by molar-refractivity contribution is 5.77. The normalized spacial score (nSPS) is 11.4. The SMILES string of the molecule is Cc1nc(-c2ccc(-c3ccc(-c4nc5cc(C)c(C)cc5o4)o3)cc2)no1. The summed E-state index contributed by atoms with van der Waals surface area (Å²) in [6.07, 6.45) is 0. The van der Waals surface area contributed by atoms with E-state index in [1.807, 2.05) is 48.5 Å². The highest BCUT2D eigenvalue weighted by Crippen LogP contribution is 2.31. The Hall–Kier alpha value is -3.67. The van der Waals surface area contributed by atoms with Crippen molar-refractivity contribution in [3.8, 4) is 34.4 Å². The van der Waals surface area contributed by atoms with Crippen molar-refractivity contribution in [2.24, 2.45) is 0 Å². The Kier molecular flexibility index (Phi) is 3.65. The predicted molar refractivity (Wildman–Crippen MR) is 105 cm³/mol. The van der Waals surface area contributed by atoms with Crippen molar-refractivity contribution in [2.45, 2.75) is 20.8 Å². The van der Waals surface area contributed by atoms with E-state index in [1.165, 1.54) is 11.1 Å². The molecule has 28 heavy (non-hydrogen) atoms. The molecule has 0 N–H and O–H groups in total. The Morgan fingerprint density at radius 1 is 0.714 bits per heavy atom. The molecule has 0 atom stereocenters. The van der Waals surface area contributed by atoms with Crippen LogP contribution in [0.15, 0.2) is 61.9 Å². The van der Waals surface area contributed by atoms with Gasteiger partial charge in [0.05, 0.1) is 0 Å². The summed E-state index contributed by atoms with van der Waals surface area (Å²) >= 11 is 0. The van der Waals surface area contributed by atoms with Crippen LogP contribution in [-0.2, 0) is 0 Å². The van der Waals surface area contributed by atoms with Crippen LogP contribution < -0.4 is 0 Å². The molecule has 0 fully saturated rings. The molecule has 3 heterocycles. The van der Waals surface area contributed by atoms with Crippen molar-refractivity contribution in [3.63, 3.8) is 0 Å². The third kappa shape index (κ3) is 2.79. The highest BCUT2D eigenvalue weighted by atomic mass is 16.5. The first-order valence-electron chi connectivity index (χ1n) is 8.96. The van der Waals surface area contributed by atoms with Gasteiger partial charge in [-0.05, 0) is 49.2 Å². The van der Waals surface area contributed by atoms with Gasteiger partial charge in [0.25, 0.3) is 5.89 Å². The number of fused-ring (bicyclic) bond motifs is 1. The Labute approximate surface area is 160 Å². The van der Waals surface area contributed by atoms with E-state index < -0.39 is 0 Å². The third-order valence-corrected chi connectivity index (χ3v) is 4.78. The average Bonchev–Trinajstić information content (AvgIpc) is 3.42. The van der Waals surface area contributed by atoms with E-state index in [0.717, 1.165) is 28.0 Å². The Morgan fingerprint density at radius 2 is 1.43 bits per heavy atom. The monoisotopic (exact) mass is 371 g/mol. The number of furan rings is 1. The number of hydrogen-bond acceptors (Lipinski definition) is 6. The van der Waals surface area contributed by atoms with E-state index in [0.29, 0.717) is 23.4 Å². The molecule has 6 nitrogen and oxygen atoms in total. The maximum atomic E-state index is 5.99. The second-order valence-electron chi connectivity index (χ2n) is 6.80. The molecule has 0 amide bonds. The van der Waals surface area contributed by atoms with Crippen LogP contribution in [0.5, 0.6) is 0 Å². The summed E-state index contributed by atoms with van der Waals surface area (Å²) in [4.78, 5) is 8.80. The maximum absolute atomic E-state index is 5.99. The lowest BCUT2D eigenvalue weighted by molar-refractivity contribution is 0.394. The molecule has 6 heteroatoms. The first-order valence-corrected chi connectivity index (χ1v) is 8.96. The summed E-state index contributed by atoms with van der Waals surface area (Å²) in [6.45, 7) is 5.89. The zero-order valence-electron chi connectivity index (χ0n) is 15.7. The molecule has 5 aromatic rings. The summed E-state index contributed by atoms with van der Waals surface area (Å²) in [7, 11) is 0. The lowest BCUT2D eigenvalue weighted by Gasteiger charge is -1.98. The van der Waals surface area contributed by atoms with Crippen LogP contribution in [-0.4, -0.2) is 15.1 Å². The van der Waals surface area contributed by atoms with Gasteiger partial charge in [0.15, 0.2) is 11.3 Å². The molecular formula is C22H17N3O3. The standard InChI is InChI=1S/C22H17N3O3/c1-12-10-17-20(11-13(12)2)27-22(24-17)19-9-8-18(26-19)15-4-6-16(7-5-15)21-23-14(3)28-25-21/h4-11H,1-3H3. The summed E-state index contributed by atoms with van der Waals surface area (Å²) in [6, 6.07) is 15.6. The molecule has 0 aliphatic rings. The first-order chi connectivity index (χ1) is 13.6. The molecule has 0 unspecified atom stereocenters. The van der Waals surface area contributed by atoms with Crippen LogP contribution >= 0.6 is 0 Å². The van der Waals surface area contributed by atoms with Crippen molar-refractivity contribution in [2.75, 3.05) is 0 Å². The number of nitrogens with zero attached hydrogens (tertiary/aromatic N) is 3. The zero-order chi connectivity index (χ0) is 19.3. The number of rotatable bonds is 3. The van der Waals surface area contributed by atoms with Gasteiger partial charge in [-0.2, -0.15) is 4.98 Å². The van der Waals surface area contributed by atoms with Crippen LogP contribution in [0.2, 0.25) is 0 Å². The topological polar surface area (TPSA) is 78.1 Å². The lowest BCUT2D eigenvalue weighted by Crippen LogP contribution is -1.81. The van der Waals surface area contributed by atoms with E-state index in [9.17, 15) is 0 Å². The fourth-order valence-electron chi connectivity index (χ4n) is 3.09. The minimum Gasteiger partial charge on any atom is -0.451 e. The van der Waals surface area contributed by atoms with E-state index in [-0.39, 0.29) is 0 Å². The van der Waals surface area contributed by atoms with Crippen molar-refractivity contribution in [1.29, 1.82) is 0 Å². The maximum Gasteiger partial charge on any atom is 0.263 e. The molecule has 0 aliphatic heterocycles. The minimum atomic E-state index is 0.477. The lowest BCUT2D eigenvalue weighted by atomic mass is 10.1. The fraction of sp³-hybridized carbons (Fsp3) is 0.136. The predicted octanol–water partition coefficient (Wildman–Crippen LogP) is 5.73. The molecular weight excluding hydrogens is 354 g/mol. The molecule has 0 aliphatic carbocycles. The molecule has 3 aromatic heterocycles. The van der Waals surface area contributed by atoms with E-state index in [2.05, 4.69) is 29.0 Å². The van der Waals surface area contributed by atoms with Crippen LogP contribution in [0.1, 0.15) is 17.0 Å². The Morgan fingerprint density at radius 3 is 2.18 bits per heavy atom. The number of aromatic nitrogens is 3. The molecule has 0 bridgehead atoms. The zero-order valence-corrected chi connectivity index (χ0v) is 15.7. The van der Waals surface area contributed by atoms with Gasteiger partial charge >= 0.3 is 0 Å². The number of benzene rings is 2. The molecule has 138 valence electrons. The number of oxazole rings is 1. The van der Waals surface area contributed by atoms with Gasteiger partial charge < -0.3 is 13.4 Å². The van der Waals surface area contributed by atoms with Gasteiger partial charge in [-0.25, -0.2) is 4.98 Å². The second-order valence-corrected chi connectivity index (χ2v) is 6.80. The smallest absolute Gasteiger partial charge is 0.263 e. The van der Waals surface area contributed by atoms with Crippen molar-refractivity contribution >= 4 is 11.1 Å². The second kappa shape index (κ2) is 6.20. The van der Waals surface area contributed by atoms with Crippen LogP contribution in [0, 0.1) is 20.8 Å². The van der Waals surface area contributed by atoms with Crippen molar-refractivity contribution in [3.05, 3.63) is 65.5 Å². The molecule has 5 rings (SSSR count). The van der Waals surface area contributed by atoms with Gasteiger partial charge in [0.1, 0.15) is 11.3 Å².